The Kier molecular flexibility index (Phi) is 2.98. The fraction of sp³-hybridized carbons (Fsp3) is 0.231. The van der Waals surface area contributed by atoms with Crippen LogP contribution in [-0.4, -0.2) is 10.4 Å². The van der Waals surface area contributed by atoms with Gasteiger partial charge < -0.3 is 4.57 Å². The number of carbonyl (C=O) groups excluding carboxylic acids is 1. The van der Waals surface area contributed by atoms with Gasteiger partial charge in [0.05, 0.1) is 16.5 Å². The number of halogens is 2. The molecule has 0 amide bonds. The molecular weight excluding hydrogens is 240 g/mol. The van der Waals surface area contributed by atoms with E-state index in [1.54, 1.807) is 6.92 Å². The van der Waals surface area contributed by atoms with Gasteiger partial charge in [-0.25, -0.2) is 8.78 Å². The van der Waals surface area contributed by atoms with E-state index < -0.39 is 22.8 Å². The molecule has 0 unspecified atom stereocenters. The van der Waals surface area contributed by atoms with E-state index in [1.165, 1.54) is 17.7 Å². The molecule has 0 aliphatic heterocycles. The first kappa shape index (κ1) is 12.4. The van der Waals surface area contributed by atoms with Crippen molar-refractivity contribution in [3.63, 3.8) is 0 Å². The predicted molar refractivity (Wildman–Crippen MR) is 63.8 cm³/mol. The zero-order valence-electron chi connectivity index (χ0n) is 9.96. The van der Waals surface area contributed by atoms with Crippen molar-refractivity contribution in [3.05, 3.63) is 45.8 Å². The second-order valence-corrected chi connectivity index (χ2v) is 4.00. The van der Waals surface area contributed by atoms with Crippen LogP contribution in [0.4, 0.5) is 8.78 Å². The van der Waals surface area contributed by atoms with Crippen LogP contribution in [0.5, 0.6) is 0 Å². The van der Waals surface area contributed by atoms with E-state index in [9.17, 15) is 18.4 Å². The van der Waals surface area contributed by atoms with Gasteiger partial charge in [0.2, 0.25) is 0 Å². The number of aromatic nitrogens is 1. The van der Waals surface area contributed by atoms with Crippen LogP contribution in [0.3, 0.4) is 0 Å². The summed E-state index contributed by atoms with van der Waals surface area (Å²) in [6, 6.07) is 1.68. The summed E-state index contributed by atoms with van der Waals surface area (Å²) >= 11 is 0. The molecule has 0 aliphatic carbocycles. The van der Waals surface area contributed by atoms with Gasteiger partial charge in [0, 0.05) is 18.8 Å². The summed E-state index contributed by atoms with van der Waals surface area (Å²) in [7, 11) is 0. The Bertz CT molecular complexity index is 704. The lowest BCUT2D eigenvalue weighted by Crippen LogP contribution is -2.18. The number of Topliss-reactive ketones (excluding diaryl/α,β-unsaturated/α-hetero) is 1. The maximum Gasteiger partial charge on any atom is 0.200 e. The summed E-state index contributed by atoms with van der Waals surface area (Å²) in [5, 5.41) is -0.109. The fourth-order valence-electron chi connectivity index (χ4n) is 1.96. The molecule has 0 aliphatic rings. The Hall–Kier alpha value is -2.04. The molecule has 5 heteroatoms. The lowest BCUT2D eigenvalue weighted by molar-refractivity contribution is 0.101. The van der Waals surface area contributed by atoms with Gasteiger partial charge in [-0.15, -0.1) is 0 Å². The number of hydrogen-bond acceptors (Lipinski definition) is 2. The van der Waals surface area contributed by atoms with E-state index in [0.717, 1.165) is 12.1 Å². The van der Waals surface area contributed by atoms with Gasteiger partial charge >= 0.3 is 0 Å². The molecule has 1 aromatic carbocycles. The molecule has 0 saturated carbocycles. The molecule has 0 bridgehead atoms. The summed E-state index contributed by atoms with van der Waals surface area (Å²) in [4.78, 5) is 23.3. The fourth-order valence-corrected chi connectivity index (χ4v) is 1.96. The number of nitrogens with zero attached hydrogens (tertiary/aromatic N) is 1. The molecule has 94 valence electrons. The quantitative estimate of drug-likeness (QED) is 0.769. The van der Waals surface area contributed by atoms with Crippen molar-refractivity contribution in [2.45, 2.75) is 20.4 Å². The number of fused-ring (bicyclic) bond motifs is 1. The van der Waals surface area contributed by atoms with Gasteiger partial charge in [0.1, 0.15) is 5.82 Å². The number of hydrogen-bond donors (Lipinski definition) is 0. The molecule has 0 atom stereocenters. The second kappa shape index (κ2) is 4.33. The average Bonchev–Trinajstić information content (AvgIpc) is 2.29. The molecule has 3 nitrogen and oxygen atoms in total. The number of carbonyl (C=O) groups is 1. The molecule has 1 aromatic heterocycles. The summed E-state index contributed by atoms with van der Waals surface area (Å²) in [6.07, 6.45) is 1.31. The lowest BCUT2D eigenvalue weighted by Gasteiger charge is -2.11. The molecule has 0 N–H and O–H groups in total. The van der Waals surface area contributed by atoms with E-state index >= 15 is 0 Å². The van der Waals surface area contributed by atoms with Crippen molar-refractivity contribution in [2.75, 3.05) is 0 Å². The van der Waals surface area contributed by atoms with Gasteiger partial charge in [-0.1, -0.05) is 0 Å². The Morgan fingerprint density at radius 1 is 1.33 bits per heavy atom. The van der Waals surface area contributed by atoms with Crippen LogP contribution in [0.25, 0.3) is 10.9 Å². The minimum atomic E-state index is -0.833. The van der Waals surface area contributed by atoms with Gasteiger partial charge in [0.25, 0.3) is 0 Å². The first-order chi connectivity index (χ1) is 8.45. The van der Waals surface area contributed by atoms with E-state index in [-0.39, 0.29) is 16.5 Å². The third kappa shape index (κ3) is 1.81. The lowest BCUT2D eigenvalue weighted by atomic mass is 10.1. The van der Waals surface area contributed by atoms with Crippen LogP contribution in [0.2, 0.25) is 0 Å². The number of rotatable bonds is 2. The minimum Gasteiger partial charge on any atom is -0.344 e. The van der Waals surface area contributed by atoms with Gasteiger partial charge in [-0.3, -0.25) is 9.59 Å². The maximum atomic E-state index is 13.7. The van der Waals surface area contributed by atoms with Crippen LogP contribution >= 0.6 is 0 Å². The van der Waals surface area contributed by atoms with E-state index in [2.05, 4.69) is 0 Å². The molecule has 0 fully saturated rings. The summed E-state index contributed by atoms with van der Waals surface area (Å²) < 4.78 is 28.3. The third-order valence-electron chi connectivity index (χ3n) is 2.81. The topological polar surface area (TPSA) is 39.1 Å². The first-order valence-electron chi connectivity index (χ1n) is 5.48. The van der Waals surface area contributed by atoms with Crippen molar-refractivity contribution in [2.24, 2.45) is 0 Å². The SMILES string of the molecule is CCn1cc(C(C)=O)c(=O)c2cc(F)cc(F)c21. The average molecular weight is 251 g/mol. The summed E-state index contributed by atoms with van der Waals surface area (Å²) in [5.41, 5.74) is -0.677. The highest BCUT2D eigenvalue weighted by atomic mass is 19.1. The summed E-state index contributed by atoms with van der Waals surface area (Å²) in [6.45, 7) is 3.37. The van der Waals surface area contributed by atoms with Gasteiger partial charge in [-0.05, 0) is 19.9 Å². The van der Waals surface area contributed by atoms with Crippen molar-refractivity contribution in [3.8, 4) is 0 Å². The van der Waals surface area contributed by atoms with Crippen LogP contribution < -0.4 is 5.43 Å². The number of aryl methyl sites for hydroxylation is 1. The predicted octanol–water partition coefficient (Wildman–Crippen LogP) is 2.50. The molecule has 0 spiro atoms. The minimum absolute atomic E-state index is 0.0221. The molecule has 1 heterocycles. The van der Waals surface area contributed by atoms with Crippen molar-refractivity contribution >= 4 is 16.7 Å². The monoisotopic (exact) mass is 251 g/mol. The Labute approximate surface area is 102 Å². The number of pyridine rings is 1. The molecule has 0 saturated heterocycles. The van der Waals surface area contributed by atoms with E-state index in [4.69, 9.17) is 0 Å². The highest BCUT2D eigenvalue weighted by molar-refractivity contribution is 5.97. The Morgan fingerprint density at radius 3 is 2.56 bits per heavy atom. The van der Waals surface area contributed by atoms with Gasteiger partial charge in [0.15, 0.2) is 17.0 Å². The van der Waals surface area contributed by atoms with E-state index in [0.29, 0.717) is 6.54 Å². The first-order valence-corrected chi connectivity index (χ1v) is 5.48. The van der Waals surface area contributed by atoms with Crippen molar-refractivity contribution in [1.29, 1.82) is 0 Å². The van der Waals surface area contributed by atoms with Crippen molar-refractivity contribution < 1.29 is 13.6 Å². The maximum absolute atomic E-state index is 13.7. The molecule has 0 radical (unpaired) electrons. The zero-order valence-corrected chi connectivity index (χ0v) is 9.96. The Morgan fingerprint density at radius 2 is 2.00 bits per heavy atom. The number of ketones is 1. The van der Waals surface area contributed by atoms with Crippen LogP contribution in [0.1, 0.15) is 24.2 Å². The highest BCUT2D eigenvalue weighted by Gasteiger charge is 2.15. The normalized spacial score (nSPS) is 10.9. The smallest absolute Gasteiger partial charge is 0.200 e. The molecule has 2 rings (SSSR count). The van der Waals surface area contributed by atoms with Crippen LogP contribution in [0, 0.1) is 11.6 Å². The third-order valence-corrected chi connectivity index (χ3v) is 2.81. The largest absolute Gasteiger partial charge is 0.344 e. The standard InChI is InChI=1S/C13H11F2NO2/c1-3-16-6-10(7(2)17)13(18)9-4-8(14)5-11(15)12(9)16/h4-6H,3H2,1-2H3. The van der Waals surface area contributed by atoms with Crippen LogP contribution in [-0.2, 0) is 6.54 Å². The second-order valence-electron chi connectivity index (χ2n) is 4.00. The highest BCUT2D eigenvalue weighted by Crippen LogP contribution is 2.18. The Balaban J connectivity index is 3.03. The van der Waals surface area contributed by atoms with Gasteiger partial charge in [-0.2, -0.15) is 0 Å². The zero-order chi connectivity index (χ0) is 13.4. The van der Waals surface area contributed by atoms with Crippen molar-refractivity contribution in [1.82, 2.24) is 4.57 Å². The molecular formula is C13H11F2NO2. The molecule has 2 aromatic rings. The number of benzene rings is 1. The van der Waals surface area contributed by atoms with Crippen LogP contribution in [0.15, 0.2) is 23.1 Å². The van der Waals surface area contributed by atoms with E-state index in [1.807, 2.05) is 0 Å². The molecule has 18 heavy (non-hydrogen) atoms. The summed E-state index contributed by atoms with van der Waals surface area (Å²) in [5.74, 6) is -2.06.